The first-order valence-corrected chi connectivity index (χ1v) is 6.08. The Kier molecular flexibility index (Phi) is 2.85. The highest BCUT2D eigenvalue weighted by molar-refractivity contribution is 5.60. The van der Waals surface area contributed by atoms with Crippen LogP contribution >= 0.6 is 0 Å². The molecule has 0 saturated heterocycles. The van der Waals surface area contributed by atoms with Gasteiger partial charge in [0.25, 0.3) is 0 Å². The molecular weight excluding hydrogens is 248 g/mol. The second-order valence-corrected chi connectivity index (χ2v) is 4.71. The molecule has 0 saturated carbocycles. The summed E-state index contributed by atoms with van der Waals surface area (Å²) >= 11 is 0. The summed E-state index contributed by atoms with van der Waals surface area (Å²) in [6, 6.07) is 9.07. The van der Waals surface area contributed by atoms with Gasteiger partial charge < -0.3 is 10.1 Å². The number of benzene rings is 2. The zero-order valence-electron chi connectivity index (χ0n) is 10.4. The van der Waals surface area contributed by atoms with Gasteiger partial charge in [0.1, 0.15) is 24.0 Å². The van der Waals surface area contributed by atoms with Crippen LogP contribution in [0, 0.1) is 18.6 Å². The number of ether oxygens (including phenoxy) is 1. The molecular formula is C15H13F2NO. The third-order valence-electron chi connectivity index (χ3n) is 3.16. The second kappa shape index (κ2) is 4.53. The Balaban J connectivity index is 1.92. The first-order valence-electron chi connectivity index (χ1n) is 6.08. The summed E-state index contributed by atoms with van der Waals surface area (Å²) in [5, 5.41) is 3.25. The van der Waals surface area contributed by atoms with E-state index in [-0.39, 0.29) is 6.04 Å². The Morgan fingerprint density at radius 3 is 2.58 bits per heavy atom. The van der Waals surface area contributed by atoms with E-state index < -0.39 is 11.6 Å². The Morgan fingerprint density at radius 2 is 1.84 bits per heavy atom. The van der Waals surface area contributed by atoms with Crippen molar-refractivity contribution in [1.82, 2.24) is 0 Å². The Hall–Kier alpha value is -2.10. The summed E-state index contributed by atoms with van der Waals surface area (Å²) in [6.45, 7) is 2.33. The van der Waals surface area contributed by atoms with Gasteiger partial charge in [0.05, 0.1) is 11.7 Å². The van der Waals surface area contributed by atoms with Crippen molar-refractivity contribution in [3.05, 3.63) is 59.2 Å². The van der Waals surface area contributed by atoms with Crippen molar-refractivity contribution in [2.75, 3.05) is 11.9 Å². The first kappa shape index (κ1) is 12.0. The zero-order valence-corrected chi connectivity index (χ0v) is 10.4. The standard InChI is InChI=1S/C15H13F2NO/c1-9-2-3-15-13(4-9)18-14(8-19-15)10-5-11(16)7-12(17)6-10/h2-7,14,18H,8H2,1H3/t14-/m0/s1. The average molecular weight is 261 g/mol. The van der Waals surface area contributed by atoms with E-state index in [9.17, 15) is 8.78 Å². The lowest BCUT2D eigenvalue weighted by Gasteiger charge is -2.28. The van der Waals surface area contributed by atoms with E-state index in [1.54, 1.807) is 0 Å². The molecule has 1 heterocycles. The van der Waals surface area contributed by atoms with Crippen LogP contribution in [0.25, 0.3) is 0 Å². The number of fused-ring (bicyclic) bond motifs is 1. The minimum absolute atomic E-state index is 0.250. The van der Waals surface area contributed by atoms with Gasteiger partial charge in [0.2, 0.25) is 0 Å². The van der Waals surface area contributed by atoms with Gasteiger partial charge in [0.15, 0.2) is 0 Å². The van der Waals surface area contributed by atoms with Crippen molar-refractivity contribution in [3.8, 4) is 5.75 Å². The van der Waals surface area contributed by atoms with Gasteiger partial charge in [-0.1, -0.05) is 6.07 Å². The van der Waals surface area contributed by atoms with Crippen LogP contribution in [0.1, 0.15) is 17.2 Å². The summed E-state index contributed by atoms with van der Waals surface area (Å²) < 4.78 is 32.1. The van der Waals surface area contributed by atoms with Crippen molar-refractivity contribution in [3.63, 3.8) is 0 Å². The minimum atomic E-state index is -0.577. The monoisotopic (exact) mass is 261 g/mol. The summed E-state index contributed by atoms with van der Waals surface area (Å²) in [5.74, 6) is -0.391. The molecule has 3 rings (SSSR count). The van der Waals surface area contributed by atoms with Crippen LogP contribution in [-0.4, -0.2) is 6.61 Å². The van der Waals surface area contributed by atoms with Gasteiger partial charge >= 0.3 is 0 Å². The molecule has 98 valence electrons. The van der Waals surface area contributed by atoms with Crippen molar-refractivity contribution in [2.24, 2.45) is 0 Å². The summed E-state index contributed by atoms with van der Waals surface area (Å²) in [7, 11) is 0. The number of nitrogens with one attached hydrogen (secondary N) is 1. The zero-order chi connectivity index (χ0) is 13.4. The van der Waals surface area contributed by atoms with Crippen molar-refractivity contribution < 1.29 is 13.5 Å². The third kappa shape index (κ3) is 2.38. The lowest BCUT2D eigenvalue weighted by molar-refractivity contribution is 0.286. The van der Waals surface area contributed by atoms with Gasteiger partial charge in [-0.2, -0.15) is 0 Å². The molecule has 0 fully saturated rings. The van der Waals surface area contributed by atoms with E-state index in [1.807, 2.05) is 25.1 Å². The van der Waals surface area contributed by atoms with Crippen LogP contribution in [0.4, 0.5) is 14.5 Å². The maximum absolute atomic E-state index is 13.2. The first-order chi connectivity index (χ1) is 9.11. The normalized spacial score (nSPS) is 17.3. The Labute approximate surface area is 110 Å². The number of rotatable bonds is 1. The molecule has 0 aliphatic carbocycles. The summed E-state index contributed by atoms with van der Waals surface area (Å²) in [6.07, 6.45) is 0. The van der Waals surface area contributed by atoms with Gasteiger partial charge in [0, 0.05) is 6.07 Å². The molecule has 0 radical (unpaired) electrons. The van der Waals surface area contributed by atoms with Crippen molar-refractivity contribution >= 4 is 5.69 Å². The Bertz CT molecular complexity index is 607. The molecule has 1 aliphatic heterocycles. The van der Waals surface area contributed by atoms with E-state index >= 15 is 0 Å². The number of anilines is 1. The predicted octanol–water partition coefficient (Wildman–Crippen LogP) is 3.82. The molecule has 0 spiro atoms. The molecule has 19 heavy (non-hydrogen) atoms. The molecule has 2 aromatic rings. The molecule has 0 bridgehead atoms. The van der Waals surface area contributed by atoms with E-state index in [2.05, 4.69) is 5.32 Å². The predicted molar refractivity (Wildman–Crippen MR) is 69.4 cm³/mol. The molecule has 0 amide bonds. The number of hydrogen-bond acceptors (Lipinski definition) is 2. The fourth-order valence-electron chi connectivity index (χ4n) is 2.24. The lowest BCUT2D eigenvalue weighted by atomic mass is 10.0. The largest absolute Gasteiger partial charge is 0.489 e. The Morgan fingerprint density at radius 1 is 1.11 bits per heavy atom. The van der Waals surface area contributed by atoms with Crippen LogP contribution in [0.3, 0.4) is 0 Å². The summed E-state index contributed by atoms with van der Waals surface area (Å²) in [5.41, 5.74) is 2.49. The van der Waals surface area contributed by atoms with Gasteiger partial charge in [-0.05, 0) is 42.3 Å². The van der Waals surface area contributed by atoms with Crippen LogP contribution < -0.4 is 10.1 Å². The molecule has 1 aliphatic rings. The number of aryl methyl sites for hydroxylation is 1. The molecule has 2 aromatic carbocycles. The molecule has 4 heteroatoms. The van der Waals surface area contributed by atoms with E-state index in [0.29, 0.717) is 12.2 Å². The molecule has 1 N–H and O–H groups in total. The maximum Gasteiger partial charge on any atom is 0.142 e. The lowest BCUT2D eigenvalue weighted by Crippen LogP contribution is -2.24. The van der Waals surface area contributed by atoms with E-state index in [4.69, 9.17) is 4.74 Å². The highest BCUT2D eigenvalue weighted by atomic mass is 19.1. The highest BCUT2D eigenvalue weighted by Crippen LogP contribution is 2.34. The summed E-state index contributed by atoms with van der Waals surface area (Å²) in [4.78, 5) is 0. The molecule has 1 atom stereocenters. The van der Waals surface area contributed by atoms with Crippen molar-refractivity contribution in [1.29, 1.82) is 0 Å². The van der Waals surface area contributed by atoms with Crippen LogP contribution in [0.2, 0.25) is 0 Å². The SMILES string of the molecule is Cc1ccc2c(c1)N[C@H](c1cc(F)cc(F)c1)CO2. The molecule has 0 aromatic heterocycles. The smallest absolute Gasteiger partial charge is 0.142 e. The highest BCUT2D eigenvalue weighted by Gasteiger charge is 2.21. The van der Waals surface area contributed by atoms with Gasteiger partial charge in [-0.3, -0.25) is 0 Å². The van der Waals surface area contributed by atoms with E-state index in [1.165, 1.54) is 12.1 Å². The minimum Gasteiger partial charge on any atom is -0.489 e. The fraction of sp³-hybridized carbons (Fsp3) is 0.200. The third-order valence-corrected chi connectivity index (χ3v) is 3.16. The average Bonchev–Trinajstić information content (AvgIpc) is 2.36. The number of halogens is 2. The van der Waals surface area contributed by atoms with Crippen LogP contribution in [0.15, 0.2) is 36.4 Å². The quantitative estimate of drug-likeness (QED) is 0.842. The fourth-order valence-corrected chi connectivity index (χ4v) is 2.24. The molecule has 2 nitrogen and oxygen atoms in total. The van der Waals surface area contributed by atoms with E-state index in [0.717, 1.165) is 23.1 Å². The van der Waals surface area contributed by atoms with Gasteiger partial charge in [-0.25, -0.2) is 8.78 Å². The van der Waals surface area contributed by atoms with Gasteiger partial charge in [-0.15, -0.1) is 0 Å². The topological polar surface area (TPSA) is 21.3 Å². The van der Waals surface area contributed by atoms with Crippen LogP contribution in [0.5, 0.6) is 5.75 Å². The van der Waals surface area contributed by atoms with Crippen molar-refractivity contribution in [2.45, 2.75) is 13.0 Å². The second-order valence-electron chi connectivity index (χ2n) is 4.71. The maximum atomic E-state index is 13.2. The van der Waals surface area contributed by atoms with Crippen LogP contribution in [-0.2, 0) is 0 Å². The molecule has 0 unspecified atom stereocenters. The number of hydrogen-bond donors (Lipinski definition) is 1.